The van der Waals surface area contributed by atoms with Gasteiger partial charge in [-0.2, -0.15) is 0 Å². The van der Waals surface area contributed by atoms with Crippen molar-refractivity contribution >= 4 is 5.91 Å². The second-order valence-corrected chi connectivity index (χ2v) is 4.46. The van der Waals surface area contributed by atoms with Crippen molar-refractivity contribution in [3.63, 3.8) is 0 Å². The molecule has 0 saturated carbocycles. The van der Waals surface area contributed by atoms with E-state index < -0.39 is 0 Å². The van der Waals surface area contributed by atoms with E-state index in [2.05, 4.69) is 5.32 Å². The summed E-state index contributed by atoms with van der Waals surface area (Å²) in [5, 5.41) is 2.82. The largest absolute Gasteiger partial charge is 0.494 e. The summed E-state index contributed by atoms with van der Waals surface area (Å²) in [6.45, 7) is 3.08. The monoisotopic (exact) mass is 285 g/mol. The average Bonchev–Trinajstić information content (AvgIpc) is 2.53. The predicted molar refractivity (Wildman–Crippen MR) is 81.4 cm³/mol. The Morgan fingerprint density at radius 1 is 0.952 bits per heavy atom. The molecule has 110 valence electrons. The molecule has 0 saturated heterocycles. The van der Waals surface area contributed by atoms with Gasteiger partial charge < -0.3 is 14.8 Å². The van der Waals surface area contributed by atoms with Gasteiger partial charge in [-0.15, -0.1) is 0 Å². The first-order chi connectivity index (χ1) is 10.3. The zero-order valence-electron chi connectivity index (χ0n) is 12.0. The summed E-state index contributed by atoms with van der Waals surface area (Å²) in [6, 6.07) is 16.9. The molecule has 0 aliphatic carbocycles. The Balaban J connectivity index is 1.73. The number of benzene rings is 2. The molecule has 2 aromatic rings. The molecule has 0 aliphatic rings. The maximum atomic E-state index is 11.7. The van der Waals surface area contributed by atoms with E-state index in [9.17, 15) is 4.79 Å². The summed E-state index contributed by atoms with van der Waals surface area (Å²) in [5.74, 6) is 1.38. The summed E-state index contributed by atoms with van der Waals surface area (Å²) in [7, 11) is 0. The van der Waals surface area contributed by atoms with Crippen LogP contribution in [0.5, 0.6) is 11.5 Å². The molecule has 0 atom stereocenters. The fraction of sp³-hybridized carbons (Fsp3) is 0.235. The number of para-hydroxylation sites is 1. The Bertz CT molecular complexity index is 552. The smallest absolute Gasteiger partial charge is 0.258 e. The SMILES string of the molecule is CCOc1ccc(CNC(=O)COc2ccccc2)cc1. The van der Waals surface area contributed by atoms with E-state index in [1.807, 2.05) is 61.5 Å². The number of carbonyl (C=O) groups excluding carboxylic acids is 1. The molecule has 4 nitrogen and oxygen atoms in total. The van der Waals surface area contributed by atoms with Crippen LogP contribution in [0.2, 0.25) is 0 Å². The molecule has 0 radical (unpaired) electrons. The van der Waals surface area contributed by atoms with Crippen molar-refractivity contribution in [2.75, 3.05) is 13.2 Å². The molecule has 0 bridgehead atoms. The van der Waals surface area contributed by atoms with E-state index in [0.717, 1.165) is 11.3 Å². The second-order valence-electron chi connectivity index (χ2n) is 4.46. The van der Waals surface area contributed by atoms with Crippen molar-refractivity contribution in [3.05, 3.63) is 60.2 Å². The molecule has 0 fully saturated rings. The normalized spacial score (nSPS) is 9.95. The van der Waals surface area contributed by atoms with Gasteiger partial charge in [0.25, 0.3) is 5.91 Å². The van der Waals surface area contributed by atoms with E-state index in [0.29, 0.717) is 18.9 Å². The Hall–Kier alpha value is -2.49. The summed E-state index contributed by atoms with van der Waals surface area (Å²) < 4.78 is 10.7. The van der Waals surface area contributed by atoms with Gasteiger partial charge in [0.15, 0.2) is 6.61 Å². The molecule has 4 heteroatoms. The van der Waals surface area contributed by atoms with Crippen LogP contribution in [0.4, 0.5) is 0 Å². The van der Waals surface area contributed by atoms with E-state index in [-0.39, 0.29) is 12.5 Å². The topological polar surface area (TPSA) is 47.6 Å². The molecule has 2 rings (SSSR count). The molecule has 21 heavy (non-hydrogen) atoms. The summed E-state index contributed by atoms with van der Waals surface area (Å²) >= 11 is 0. The molecular formula is C17H19NO3. The number of amides is 1. The van der Waals surface area contributed by atoms with Crippen LogP contribution in [0.25, 0.3) is 0 Å². The third-order valence-corrected chi connectivity index (χ3v) is 2.84. The maximum Gasteiger partial charge on any atom is 0.258 e. The van der Waals surface area contributed by atoms with Crippen LogP contribution >= 0.6 is 0 Å². The molecule has 0 aromatic heterocycles. The van der Waals surface area contributed by atoms with Crippen LogP contribution in [0.15, 0.2) is 54.6 Å². The summed E-state index contributed by atoms with van der Waals surface area (Å²) in [5.41, 5.74) is 1.02. The van der Waals surface area contributed by atoms with Gasteiger partial charge in [-0.25, -0.2) is 0 Å². The molecule has 0 spiro atoms. The van der Waals surface area contributed by atoms with Gasteiger partial charge in [0.2, 0.25) is 0 Å². The highest BCUT2D eigenvalue weighted by Gasteiger charge is 2.03. The lowest BCUT2D eigenvalue weighted by atomic mass is 10.2. The number of ether oxygens (including phenoxy) is 2. The minimum atomic E-state index is -0.146. The molecule has 0 unspecified atom stereocenters. The third kappa shape index (κ3) is 5.18. The standard InChI is InChI=1S/C17H19NO3/c1-2-20-16-10-8-14(9-11-16)12-18-17(19)13-21-15-6-4-3-5-7-15/h3-11H,2,12-13H2,1H3,(H,18,19). The first kappa shape index (κ1) is 14.9. The van der Waals surface area contributed by atoms with Crippen LogP contribution in [-0.2, 0) is 11.3 Å². The van der Waals surface area contributed by atoms with Crippen molar-refractivity contribution in [2.45, 2.75) is 13.5 Å². The van der Waals surface area contributed by atoms with E-state index >= 15 is 0 Å². The molecular weight excluding hydrogens is 266 g/mol. The highest BCUT2D eigenvalue weighted by atomic mass is 16.5. The quantitative estimate of drug-likeness (QED) is 0.851. The fourth-order valence-corrected chi connectivity index (χ4v) is 1.79. The van der Waals surface area contributed by atoms with Crippen molar-refractivity contribution in [1.82, 2.24) is 5.32 Å². The number of nitrogens with one attached hydrogen (secondary N) is 1. The van der Waals surface area contributed by atoms with Crippen LogP contribution in [0.1, 0.15) is 12.5 Å². The molecule has 2 aromatic carbocycles. The van der Waals surface area contributed by atoms with Crippen LogP contribution in [0.3, 0.4) is 0 Å². The van der Waals surface area contributed by atoms with E-state index in [4.69, 9.17) is 9.47 Å². The van der Waals surface area contributed by atoms with Crippen molar-refractivity contribution in [1.29, 1.82) is 0 Å². The summed E-state index contributed by atoms with van der Waals surface area (Å²) in [6.07, 6.45) is 0. The lowest BCUT2D eigenvalue weighted by molar-refractivity contribution is -0.123. The minimum absolute atomic E-state index is 0.0149. The molecule has 0 aliphatic heterocycles. The Morgan fingerprint density at radius 2 is 1.62 bits per heavy atom. The lowest BCUT2D eigenvalue weighted by Crippen LogP contribution is -2.28. The first-order valence-electron chi connectivity index (χ1n) is 6.94. The average molecular weight is 285 g/mol. The zero-order valence-corrected chi connectivity index (χ0v) is 12.0. The fourth-order valence-electron chi connectivity index (χ4n) is 1.79. The lowest BCUT2D eigenvalue weighted by Gasteiger charge is -2.08. The highest BCUT2D eigenvalue weighted by molar-refractivity contribution is 5.77. The van der Waals surface area contributed by atoms with Gasteiger partial charge in [0.05, 0.1) is 6.61 Å². The van der Waals surface area contributed by atoms with Gasteiger partial charge in [0, 0.05) is 6.54 Å². The van der Waals surface area contributed by atoms with Crippen molar-refractivity contribution < 1.29 is 14.3 Å². The number of carbonyl (C=O) groups is 1. The zero-order chi connectivity index (χ0) is 14.9. The number of hydrogen-bond donors (Lipinski definition) is 1. The molecule has 1 amide bonds. The van der Waals surface area contributed by atoms with Crippen LogP contribution in [0, 0.1) is 0 Å². The third-order valence-electron chi connectivity index (χ3n) is 2.84. The van der Waals surface area contributed by atoms with Crippen LogP contribution in [-0.4, -0.2) is 19.1 Å². The van der Waals surface area contributed by atoms with Gasteiger partial charge in [-0.3, -0.25) is 4.79 Å². The number of rotatable bonds is 7. The number of hydrogen-bond acceptors (Lipinski definition) is 3. The summed E-state index contributed by atoms with van der Waals surface area (Å²) in [4.78, 5) is 11.7. The molecule has 0 heterocycles. The maximum absolute atomic E-state index is 11.7. The highest BCUT2D eigenvalue weighted by Crippen LogP contribution is 2.12. The van der Waals surface area contributed by atoms with Crippen molar-refractivity contribution in [3.8, 4) is 11.5 Å². The van der Waals surface area contributed by atoms with Gasteiger partial charge in [-0.1, -0.05) is 30.3 Å². The van der Waals surface area contributed by atoms with Crippen LogP contribution < -0.4 is 14.8 Å². The Morgan fingerprint density at radius 3 is 2.29 bits per heavy atom. The predicted octanol–water partition coefficient (Wildman–Crippen LogP) is 2.78. The van der Waals surface area contributed by atoms with Crippen molar-refractivity contribution in [2.24, 2.45) is 0 Å². The Kier molecular flexibility index (Phi) is 5.64. The minimum Gasteiger partial charge on any atom is -0.494 e. The first-order valence-corrected chi connectivity index (χ1v) is 6.94. The Labute approximate surface area is 124 Å². The van der Waals surface area contributed by atoms with E-state index in [1.54, 1.807) is 0 Å². The van der Waals surface area contributed by atoms with Gasteiger partial charge >= 0.3 is 0 Å². The second kappa shape index (κ2) is 7.94. The van der Waals surface area contributed by atoms with Gasteiger partial charge in [-0.05, 0) is 36.8 Å². The van der Waals surface area contributed by atoms with E-state index in [1.165, 1.54) is 0 Å². The van der Waals surface area contributed by atoms with Gasteiger partial charge in [0.1, 0.15) is 11.5 Å². The molecule has 1 N–H and O–H groups in total.